The van der Waals surface area contributed by atoms with Crippen molar-refractivity contribution in [3.63, 3.8) is 0 Å². The van der Waals surface area contributed by atoms with Crippen LogP contribution in [0.15, 0.2) is 162 Å². The minimum absolute atomic E-state index is 0.0475. The Hall–Kier alpha value is -7.30. The van der Waals surface area contributed by atoms with E-state index in [1.165, 1.54) is 193 Å². The van der Waals surface area contributed by atoms with E-state index in [-0.39, 0.29) is 23.1 Å². The van der Waals surface area contributed by atoms with Crippen molar-refractivity contribution >= 4 is 89.4 Å². The van der Waals surface area contributed by atoms with Gasteiger partial charge in [0.2, 0.25) is 0 Å². The summed E-state index contributed by atoms with van der Waals surface area (Å²) in [6.07, 6.45) is 16.9. The minimum Gasteiger partial charge on any atom is -0.456 e. The van der Waals surface area contributed by atoms with Crippen LogP contribution in [0.25, 0.3) is 87.9 Å². The third-order valence-corrected chi connectivity index (χ3v) is 24.3. The first kappa shape index (κ1) is 47.1. The molecule has 2 aromatic heterocycles. The molecule has 11 aliphatic rings. The quantitative estimate of drug-likeness (QED) is 0.164. The second-order valence-corrected chi connectivity index (χ2v) is 30.5. The van der Waals surface area contributed by atoms with Crippen LogP contribution < -0.4 is 15.8 Å². The lowest BCUT2D eigenvalue weighted by atomic mass is 9.44. The number of fused-ring (bicyclic) bond motifs is 15. The summed E-state index contributed by atoms with van der Waals surface area (Å²) in [6.45, 7) is 12.1. The minimum atomic E-state index is -0.247. The molecule has 0 atom stereocenters. The van der Waals surface area contributed by atoms with E-state index in [2.05, 4.69) is 202 Å². The fraction of sp³-hybridized carbons (Fsp3) is 0.342. The van der Waals surface area contributed by atoms with E-state index in [1.807, 2.05) is 0 Å². The van der Waals surface area contributed by atoms with Gasteiger partial charge in [-0.3, -0.25) is 0 Å². The third kappa shape index (κ3) is 6.18. The molecule has 4 heterocycles. The van der Waals surface area contributed by atoms with Gasteiger partial charge in [-0.2, -0.15) is 0 Å². The Bertz CT molecular complexity index is 4660. The lowest BCUT2D eigenvalue weighted by molar-refractivity contribution is -0.00527. The molecule has 406 valence electrons. The number of aromatic nitrogens is 1. The molecule has 0 N–H and O–H groups in total. The van der Waals surface area contributed by atoms with Crippen LogP contribution >= 0.6 is 0 Å². The maximum absolute atomic E-state index is 7.24. The molecule has 11 aromatic rings. The normalized spacial score (nSPS) is 27.1. The van der Waals surface area contributed by atoms with Crippen LogP contribution in [-0.2, 0) is 21.7 Å². The molecule has 9 aliphatic carbocycles. The maximum Gasteiger partial charge on any atom is 0.333 e. The van der Waals surface area contributed by atoms with Gasteiger partial charge in [-0.1, -0.05) is 126 Å². The molecule has 0 radical (unpaired) electrons. The van der Waals surface area contributed by atoms with Gasteiger partial charge in [0.25, 0.3) is 0 Å². The molecule has 0 amide bonds. The monoisotopic (exact) mass is 1070 g/mol. The zero-order valence-corrected chi connectivity index (χ0v) is 48.8. The van der Waals surface area contributed by atoms with E-state index in [4.69, 9.17) is 4.42 Å². The summed E-state index contributed by atoms with van der Waals surface area (Å²) in [7, 11) is 0. The van der Waals surface area contributed by atoms with Gasteiger partial charge in [0.05, 0.1) is 5.69 Å². The molecule has 2 aliphatic heterocycles. The number of furan rings is 1. The SMILES string of the molecule is CC(C)(C)c1ccc(N2c3cc4c(cc3B3c5c2cc2c(c5-c5cc(C67CC8CC(CC(C8)C6)C7)cc6c7cc(C89CC%10CC(CC(C%10)C8)C9)ccc7n3c56)C(C)(C)c3ccccc3-2)oc2cc3ccccc3cc24)c(-c2ccccc2)c1. The third-order valence-electron chi connectivity index (χ3n) is 24.3. The van der Waals surface area contributed by atoms with Crippen molar-refractivity contribution in [3.8, 4) is 33.4 Å². The molecule has 0 unspecified atom stereocenters. The van der Waals surface area contributed by atoms with Crippen molar-refractivity contribution in [1.82, 2.24) is 4.48 Å². The summed E-state index contributed by atoms with van der Waals surface area (Å²) < 4.78 is 10.1. The predicted molar refractivity (Wildman–Crippen MR) is 346 cm³/mol. The predicted octanol–water partition coefficient (Wildman–Crippen LogP) is 19.5. The highest BCUT2D eigenvalue weighted by Crippen LogP contribution is 2.65. The van der Waals surface area contributed by atoms with Crippen molar-refractivity contribution < 1.29 is 4.42 Å². The number of benzene rings is 9. The molecule has 8 bridgehead atoms. The second kappa shape index (κ2) is 15.7. The van der Waals surface area contributed by atoms with Crippen LogP contribution in [-0.4, -0.2) is 11.3 Å². The van der Waals surface area contributed by atoms with Crippen LogP contribution in [0.3, 0.4) is 0 Å². The average Bonchev–Trinajstić information content (AvgIpc) is 1.63. The summed E-state index contributed by atoms with van der Waals surface area (Å²) in [5.41, 5.74) is 27.2. The van der Waals surface area contributed by atoms with Crippen LogP contribution in [0.2, 0.25) is 0 Å². The van der Waals surface area contributed by atoms with Gasteiger partial charge in [0.15, 0.2) is 0 Å². The fourth-order valence-electron chi connectivity index (χ4n) is 21.7. The van der Waals surface area contributed by atoms with Gasteiger partial charge < -0.3 is 13.8 Å². The maximum atomic E-state index is 7.24. The van der Waals surface area contributed by atoms with Crippen LogP contribution in [0.5, 0.6) is 0 Å². The summed E-state index contributed by atoms with van der Waals surface area (Å²) in [5.74, 6) is 5.22. The van der Waals surface area contributed by atoms with E-state index in [0.717, 1.165) is 52.1 Å². The highest BCUT2D eigenvalue weighted by Gasteiger charge is 2.55. The Morgan fingerprint density at radius 1 is 0.482 bits per heavy atom. The van der Waals surface area contributed by atoms with Crippen LogP contribution in [0.4, 0.5) is 17.1 Å². The van der Waals surface area contributed by atoms with Crippen molar-refractivity contribution in [1.29, 1.82) is 0 Å². The first-order chi connectivity index (χ1) is 40.3. The number of rotatable bonds is 4. The second-order valence-electron chi connectivity index (χ2n) is 30.5. The Labute approximate surface area is 488 Å². The zero-order valence-electron chi connectivity index (χ0n) is 48.8. The van der Waals surface area contributed by atoms with Crippen LogP contribution in [0, 0.1) is 35.5 Å². The molecular weight excluding hydrogens is 1000 g/mol. The first-order valence-corrected chi connectivity index (χ1v) is 32.2. The van der Waals surface area contributed by atoms with Gasteiger partial charge in [-0.05, 0) is 267 Å². The number of hydrogen-bond donors (Lipinski definition) is 0. The van der Waals surface area contributed by atoms with E-state index in [1.54, 1.807) is 11.1 Å². The zero-order chi connectivity index (χ0) is 54.8. The largest absolute Gasteiger partial charge is 0.456 e. The molecule has 8 fully saturated rings. The number of nitrogens with zero attached hydrogens (tertiary/aromatic N) is 2. The molecule has 83 heavy (non-hydrogen) atoms. The van der Waals surface area contributed by atoms with Crippen molar-refractivity contribution in [2.75, 3.05) is 4.90 Å². The van der Waals surface area contributed by atoms with Gasteiger partial charge >= 0.3 is 6.85 Å². The highest BCUT2D eigenvalue weighted by atomic mass is 16.3. The van der Waals surface area contributed by atoms with Crippen LogP contribution in [0.1, 0.15) is 139 Å². The number of hydrogen-bond acceptors (Lipinski definition) is 2. The molecular formula is C79H71BN2O. The van der Waals surface area contributed by atoms with Crippen molar-refractivity contribution in [2.24, 2.45) is 35.5 Å². The topological polar surface area (TPSA) is 21.3 Å². The summed E-state index contributed by atoms with van der Waals surface area (Å²) in [6, 6.07) is 63.1. The molecule has 0 saturated heterocycles. The number of anilines is 3. The van der Waals surface area contributed by atoms with Crippen molar-refractivity contribution in [2.45, 2.75) is 133 Å². The summed E-state index contributed by atoms with van der Waals surface area (Å²) in [5, 5.41) is 7.76. The van der Waals surface area contributed by atoms with Gasteiger partial charge in [-0.25, -0.2) is 0 Å². The van der Waals surface area contributed by atoms with E-state index in [9.17, 15) is 0 Å². The summed E-state index contributed by atoms with van der Waals surface area (Å²) >= 11 is 0. The lowest BCUT2D eigenvalue weighted by Gasteiger charge is -2.57. The fourth-order valence-corrected chi connectivity index (χ4v) is 21.7. The first-order valence-electron chi connectivity index (χ1n) is 32.2. The van der Waals surface area contributed by atoms with Crippen molar-refractivity contribution in [3.05, 3.63) is 186 Å². The average molecular weight is 1080 g/mol. The Balaban J connectivity index is 0.952. The standard InChI is InChI=1S/C79H71BN2O/c1-76(2,3)53-19-21-66(57(31-53)50-13-7-6-8-14-50)81-68-35-60-59-29-51-15-9-10-16-52(51)30-70(59)83-71(60)37-65(68)80-74-69(81)36-61-56-17-11-12-18-64(56)77(4,5)73(61)72(74)63-34-55(79-41-47-26-48(42-79)28-49(27-47)43-79)33-62-58-32-54(20-22-67(58)82(80)75(62)63)78-38-44-23-45(39-78)25-46(24-44)40-78/h6-22,29-37,44-49H,23-28,38-43H2,1-5H3. The Morgan fingerprint density at radius 2 is 1.10 bits per heavy atom. The molecule has 9 aromatic carbocycles. The molecule has 4 heteroatoms. The molecule has 8 saturated carbocycles. The Kier molecular flexibility index (Phi) is 8.92. The van der Waals surface area contributed by atoms with E-state index in [0.29, 0.717) is 5.41 Å². The van der Waals surface area contributed by atoms with Gasteiger partial charge in [0, 0.05) is 60.5 Å². The molecule has 0 spiro atoms. The highest BCUT2D eigenvalue weighted by molar-refractivity contribution is 6.90. The Morgan fingerprint density at radius 3 is 1.80 bits per heavy atom. The van der Waals surface area contributed by atoms with E-state index < -0.39 is 0 Å². The van der Waals surface area contributed by atoms with E-state index >= 15 is 0 Å². The smallest absolute Gasteiger partial charge is 0.333 e. The molecule has 22 rings (SSSR count). The molecule has 3 nitrogen and oxygen atoms in total. The van der Waals surface area contributed by atoms with Gasteiger partial charge in [-0.15, -0.1) is 0 Å². The summed E-state index contributed by atoms with van der Waals surface area (Å²) in [4.78, 5) is 2.74. The van der Waals surface area contributed by atoms with Gasteiger partial charge in [0.1, 0.15) is 11.2 Å². The lowest BCUT2D eigenvalue weighted by Crippen LogP contribution is -2.57.